The topological polar surface area (TPSA) is 59.4 Å². The van der Waals surface area contributed by atoms with Crippen molar-refractivity contribution in [2.45, 2.75) is 20.4 Å². The Labute approximate surface area is 195 Å². The Morgan fingerprint density at radius 1 is 1.12 bits per heavy atom. The Kier molecular flexibility index (Phi) is 5.86. The van der Waals surface area contributed by atoms with E-state index in [4.69, 9.17) is 4.74 Å². The summed E-state index contributed by atoms with van der Waals surface area (Å²) in [6.07, 6.45) is 0. The molecule has 0 unspecified atom stereocenters. The number of fused-ring (bicyclic) bond motifs is 1. The summed E-state index contributed by atoms with van der Waals surface area (Å²) in [6, 6.07) is 14.4. The van der Waals surface area contributed by atoms with E-state index in [2.05, 4.69) is 21.4 Å². The van der Waals surface area contributed by atoms with Crippen LogP contribution in [0.25, 0.3) is 10.2 Å². The summed E-state index contributed by atoms with van der Waals surface area (Å²) in [5, 5.41) is 8.63. The standard InChI is InChI=1S/C25H25FN4O2S/c1-16-13-20(29-9-11-32-12-10-29)7-8-22(16)27-24(31)23-14-21-17(2)28-30(25(21)33-23)15-18-3-5-19(26)6-4-18/h3-8,13-14H,9-12,15H2,1-2H3,(H,27,31). The first kappa shape index (κ1) is 21.6. The molecule has 33 heavy (non-hydrogen) atoms. The Morgan fingerprint density at radius 3 is 2.61 bits per heavy atom. The normalized spacial score (nSPS) is 14.1. The van der Waals surface area contributed by atoms with Crippen LogP contribution in [0.2, 0.25) is 0 Å². The van der Waals surface area contributed by atoms with Gasteiger partial charge in [0.1, 0.15) is 10.6 Å². The van der Waals surface area contributed by atoms with Crippen molar-refractivity contribution in [3.8, 4) is 0 Å². The molecule has 1 fully saturated rings. The highest BCUT2D eigenvalue weighted by Gasteiger charge is 2.18. The average Bonchev–Trinajstić information content (AvgIpc) is 3.38. The highest BCUT2D eigenvalue weighted by Crippen LogP contribution is 2.30. The van der Waals surface area contributed by atoms with E-state index in [9.17, 15) is 9.18 Å². The van der Waals surface area contributed by atoms with E-state index in [1.54, 1.807) is 12.1 Å². The highest BCUT2D eigenvalue weighted by molar-refractivity contribution is 7.20. The first-order valence-corrected chi connectivity index (χ1v) is 11.8. The lowest BCUT2D eigenvalue weighted by molar-refractivity contribution is 0.103. The van der Waals surface area contributed by atoms with E-state index in [1.807, 2.05) is 36.7 Å². The van der Waals surface area contributed by atoms with Crippen LogP contribution in [-0.2, 0) is 11.3 Å². The van der Waals surface area contributed by atoms with Crippen molar-refractivity contribution in [3.05, 3.63) is 76.0 Å². The molecule has 0 aliphatic carbocycles. The lowest BCUT2D eigenvalue weighted by Gasteiger charge is -2.29. The summed E-state index contributed by atoms with van der Waals surface area (Å²) in [6.45, 7) is 7.70. The number of amides is 1. The summed E-state index contributed by atoms with van der Waals surface area (Å²) < 4.78 is 20.5. The van der Waals surface area contributed by atoms with Crippen molar-refractivity contribution in [3.63, 3.8) is 0 Å². The van der Waals surface area contributed by atoms with Crippen molar-refractivity contribution >= 4 is 38.8 Å². The van der Waals surface area contributed by atoms with Crippen LogP contribution in [0.1, 0.15) is 26.5 Å². The van der Waals surface area contributed by atoms with E-state index in [-0.39, 0.29) is 11.7 Å². The molecule has 1 N–H and O–H groups in total. The monoisotopic (exact) mass is 464 g/mol. The maximum Gasteiger partial charge on any atom is 0.265 e. The molecule has 8 heteroatoms. The zero-order chi connectivity index (χ0) is 22.9. The smallest absolute Gasteiger partial charge is 0.265 e. The van der Waals surface area contributed by atoms with Crippen LogP contribution >= 0.6 is 11.3 Å². The summed E-state index contributed by atoms with van der Waals surface area (Å²) in [7, 11) is 0. The van der Waals surface area contributed by atoms with E-state index < -0.39 is 0 Å². The molecule has 1 aliphatic rings. The fraction of sp³-hybridized carbons (Fsp3) is 0.280. The molecule has 1 saturated heterocycles. The quantitative estimate of drug-likeness (QED) is 0.452. The van der Waals surface area contributed by atoms with Gasteiger partial charge in [-0.25, -0.2) is 4.39 Å². The van der Waals surface area contributed by atoms with Gasteiger partial charge >= 0.3 is 0 Å². The number of ether oxygens (including phenoxy) is 1. The maximum absolute atomic E-state index is 13.2. The second-order valence-electron chi connectivity index (χ2n) is 8.25. The lowest BCUT2D eigenvalue weighted by Crippen LogP contribution is -2.36. The van der Waals surface area contributed by atoms with Crippen molar-refractivity contribution in [1.82, 2.24) is 9.78 Å². The minimum absolute atomic E-state index is 0.133. The molecular weight excluding hydrogens is 439 g/mol. The lowest BCUT2D eigenvalue weighted by atomic mass is 10.1. The van der Waals surface area contributed by atoms with Crippen molar-refractivity contribution in [1.29, 1.82) is 0 Å². The van der Waals surface area contributed by atoms with Gasteiger partial charge in [0.05, 0.1) is 30.3 Å². The number of anilines is 2. The molecule has 2 aromatic heterocycles. The number of benzene rings is 2. The Hall–Kier alpha value is -3.23. The number of nitrogens with zero attached hydrogens (tertiary/aromatic N) is 3. The first-order valence-electron chi connectivity index (χ1n) is 10.9. The predicted octanol–water partition coefficient (Wildman–Crippen LogP) is 4.99. The third-order valence-corrected chi connectivity index (χ3v) is 7.06. The largest absolute Gasteiger partial charge is 0.378 e. The summed E-state index contributed by atoms with van der Waals surface area (Å²) >= 11 is 1.42. The molecule has 0 spiro atoms. The molecule has 0 bridgehead atoms. The van der Waals surface area contributed by atoms with Gasteiger partial charge in [-0.2, -0.15) is 5.10 Å². The van der Waals surface area contributed by atoms with E-state index in [0.29, 0.717) is 11.4 Å². The number of carbonyl (C=O) groups is 1. The van der Waals surface area contributed by atoms with Crippen LogP contribution in [0.5, 0.6) is 0 Å². The van der Waals surface area contributed by atoms with Crippen molar-refractivity contribution in [2.24, 2.45) is 0 Å². The van der Waals surface area contributed by atoms with Gasteiger partial charge in [-0.3, -0.25) is 9.48 Å². The van der Waals surface area contributed by atoms with Crippen LogP contribution in [0.4, 0.5) is 15.8 Å². The number of rotatable bonds is 5. The van der Waals surface area contributed by atoms with Crippen LogP contribution < -0.4 is 10.2 Å². The molecule has 1 amide bonds. The molecule has 4 aromatic rings. The zero-order valence-electron chi connectivity index (χ0n) is 18.6. The third kappa shape index (κ3) is 4.49. The molecule has 3 heterocycles. The fourth-order valence-corrected chi connectivity index (χ4v) is 5.14. The number of halogens is 1. The minimum Gasteiger partial charge on any atom is -0.378 e. The van der Waals surface area contributed by atoms with Gasteiger partial charge in [0.2, 0.25) is 0 Å². The van der Waals surface area contributed by atoms with Crippen LogP contribution in [-0.4, -0.2) is 42.0 Å². The van der Waals surface area contributed by atoms with E-state index >= 15 is 0 Å². The highest BCUT2D eigenvalue weighted by atomic mass is 32.1. The fourth-order valence-electron chi connectivity index (χ4n) is 4.08. The van der Waals surface area contributed by atoms with Crippen LogP contribution in [0.3, 0.4) is 0 Å². The second-order valence-corrected chi connectivity index (χ2v) is 9.28. The SMILES string of the molecule is Cc1cc(N2CCOCC2)ccc1NC(=O)c1cc2c(C)nn(Cc3ccc(F)cc3)c2s1. The molecule has 0 atom stereocenters. The van der Waals surface area contributed by atoms with Gasteiger partial charge < -0.3 is 15.0 Å². The van der Waals surface area contributed by atoms with Crippen molar-refractivity contribution < 1.29 is 13.9 Å². The number of hydrogen-bond donors (Lipinski definition) is 1. The molecule has 2 aromatic carbocycles. The Bertz CT molecular complexity index is 1310. The van der Waals surface area contributed by atoms with E-state index in [0.717, 1.165) is 64.7 Å². The van der Waals surface area contributed by atoms with Gasteiger partial charge in [-0.1, -0.05) is 12.1 Å². The number of aromatic nitrogens is 2. The average molecular weight is 465 g/mol. The van der Waals surface area contributed by atoms with Crippen molar-refractivity contribution in [2.75, 3.05) is 36.5 Å². The number of thiophene rings is 1. The van der Waals surface area contributed by atoms with Crippen LogP contribution in [0.15, 0.2) is 48.5 Å². The number of hydrogen-bond acceptors (Lipinski definition) is 5. The van der Waals surface area contributed by atoms with Gasteiger partial charge in [0, 0.05) is 29.9 Å². The van der Waals surface area contributed by atoms with Gasteiger partial charge in [-0.05, 0) is 61.4 Å². The molecule has 0 radical (unpaired) electrons. The summed E-state index contributed by atoms with van der Waals surface area (Å²) in [4.78, 5) is 16.9. The number of morpholine rings is 1. The first-order chi connectivity index (χ1) is 16.0. The number of nitrogens with one attached hydrogen (secondary N) is 1. The van der Waals surface area contributed by atoms with Crippen LogP contribution in [0, 0.1) is 19.7 Å². The maximum atomic E-state index is 13.2. The predicted molar refractivity (Wildman–Crippen MR) is 130 cm³/mol. The van der Waals surface area contributed by atoms with Gasteiger partial charge in [0.15, 0.2) is 0 Å². The number of aryl methyl sites for hydroxylation is 2. The number of carbonyl (C=O) groups excluding carboxylic acids is 1. The van der Waals surface area contributed by atoms with Gasteiger partial charge in [0.25, 0.3) is 5.91 Å². The minimum atomic E-state index is -0.260. The molecule has 1 aliphatic heterocycles. The Morgan fingerprint density at radius 2 is 1.88 bits per heavy atom. The third-order valence-electron chi connectivity index (χ3n) is 5.91. The molecule has 170 valence electrons. The second kappa shape index (κ2) is 8.96. The summed E-state index contributed by atoms with van der Waals surface area (Å²) in [5.74, 6) is -0.393. The summed E-state index contributed by atoms with van der Waals surface area (Å²) in [5.41, 5.74) is 4.79. The molecule has 0 saturated carbocycles. The van der Waals surface area contributed by atoms with Gasteiger partial charge in [-0.15, -0.1) is 11.3 Å². The molecule has 5 rings (SSSR count). The van der Waals surface area contributed by atoms with E-state index in [1.165, 1.54) is 23.5 Å². The molecular formula is C25H25FN4O2S. The molecule has 6 nitrogen and oxygen atoms in total. The Balaban J connectivity index is 1.35. The zero-order valence-corrected chi connectivity index (χ0v) is 19.4.